The molecule has 0 unspecified atom stereocenters. The van der Waals surface area contributed by atoms with Crippen LogP contribution in [0.15, 0.2) is 50.7 Å². The second kappa shape index (κ2) is 11.5. The first kappa shape index (κ1) is 26.9. The number of amides is 1. The van der Waals surface area contributed by atoms with Crippen LogP contribution in [0.3, 0.4) is 0 Å². The summed E-state index contributed by atoms with van der Waals surface area (Å²) < 4.78 is 49.0. The molecule has 11 nitrogen and oxygen atoms in total. The number of hydrogen-bond donors (Lipinski definition) is 0. The number of benzene rings is 2. The summed E-state index contributed by atoms with van der Waals surface area (Å²) in [6.45, 7) is 1.68. The fraction of sp³-hybridized carbons (Fsp3) is 0.375. The molecule has 1 aliphatic heterocycles. The van der Waals surface area contributed by atoms with Gasteiger partial charge < -0.3 is 23.6 Å². The molecule has 4 rings (SSSR count). The van der Waals surface area contributed by atoms with Crippen LogP contribution in [0.5, 0.6) is 11.5 Å². The van der Waals surface area contributed by atoms with E-state index < -0.39 is 10.0 Å². The maximum atomic E-state index is 13.4. The number of ether oxygens (including phenoxy) is 3. The third-order valence-electron chi connectivity index (χ3n) is 5.88. The van der Waals surface area contributed by atoms with Crippen LogP contribution in [0.1, 0.15) is 16.2 Å². The zero-order valence-corrected chi connectivity index (χ0v) is 22.6. The third-order valence-corrected chi connectivity index (χ3v) is 8.47. The van der Waals surface area contributed by atoms with Crippen LogP contribution in [0.4, 0.5) is 0 Å². The van der Waals surface area contributed by atoms with Crippen LogP contribution in [-0.4, -0.2) is 87.5 Å². The van der Waals surface area contributed by atoms with Crippen LogP contribution in [-0.2, 0) is 21.3 Å². The Bertz CT molecular complexity index is 1370. The second-order valence-corrected chi connectivity index (χ2v) is 11.0. The van der Waals surface area contributed by atoms with Crippen LogP contribution < -0.4 is 9.47 Å². The van der Waals surface area contributed by atoms with Gasteiger partial charge in [0, 0.05) is 30.6 Å². The number of carbonyl (C=O) groups excluding carboxylic acids is 1. The van der Waals surface area contributed by atoms with E-state index in [0.29, 0.717) is 53.8 Å². The van der Waals surface area contributed by atoms with E-state index in [4.69, 9.17) is 18.7 Å². The van der Waals surface area contributed by atoms with Gasteiger partial charge in [-0.3, -0.25) is 4.79 Å². The predicted molar refractivity (Wildman–Crippen MR) is 136 cm³/mol. The summed E-state index contributed by atoms with van der Waals surface area (Å²) >= 11 is 1.39. The van der Waals surface area contributed by atoms with Gasteiger partial charge in [-0.1, -0.05) is 5.16 Å². The zero-order chi connectivity index (χ0) is 26.6. The van der Waals surface area contributed by atoms with Crippen molar-refractivity contribution in [2.45, 2.75) is 16.3 Å². The molecule has 2 aromatic carbocycles. The number of methoxy groups -OCH3 is 2. The minimum absolute atomic E-state index is 0.00374. The lowest BCUT2D eigenvalue weighted by molar-refractivity contribution is 0.0300. The fourth-order valence-corrected chi connectivity index (χ4v) is 5.54. The summed E-state index contributed by atoms with van der Waals surface area (Å²) in [7, 11) is 0.519. The molecule has 1 aromatic heterocycles. The smallest absolute Gasteiger partial charge is 0.255 e. The number of aromatic nitrogens is 2. The molecule has 0 radical (unpaired) electrons. The Kier molecular flexibility index (Phi) is 8.37. The average molecular weight is 549 g/mol. The highest BCUT2D eigenvalue weighted by Gasteiger charge is 2.27. The zero-order valence-electron chi connectivity index (χ0n) is 21.0. The van der Waals surface area contributed by atoms with Gasteiger partial charge in [0.25, 0.3) is 5.91 Å². The van der Waals surface area contributed by atoms with Crippen LogP contribution in [0.2, 0.25) is 0 Å². The maximum absolute atomic E-state index is 13.4. The number of rotatable bonds is 9. The monoisotopic (exact) mass is 548 g/mol. The lowest BCUT2D eigenvalue weighted by atomic mass is 10.2. The van der Waals surface area contributed by atoms with Crippen LogP contribution >= 0.6 is 11.8 Å². The van der Waals surface area contributed by atoms with Crippen molar-refractivity contribution in [3.63, 3.8) is 0 Å². The van der Waals surface area contributed by atoms with E-state index in [9.17, 15) is 13.2 Å². The molecule has 1 saturated heterocycles. The first-order valence-corrected chi connectivity index (χ1v) is 14.0. The van der Waals surface area contributed by atoms with E-state index in [1.165, 1.54) is 45.2 Å². The average Bonchev–Trinajstić information content (AvgIpc) is 3.40. The summed E-state index contributed by atoms with van der Waals surface area (Å²) in [5, 5.41) is 3.97. The molecule has 0 saturated carbocycles. The van der Waals surface area contributed by atoms with Crippen molar-refractivity contribution in [1.29, 1.82) is 0 Å². The molecule has 1 amide bonds. The molecule has 0 aliphatic carbocycles. The van der Waals surface area contributed by atoms with Gasteiger partial charge in [-0.15, -0.1) is 11.8 Å². The van der Waals surface area contributed by atoms with Gasteiger partial charge in [0.2, 0.25) is 21.7 Å². The maximum Gasteiger partial charge on any atom is 0.255 e. The van der Waals surface area contributed by atoms with Gasteiger partial charge in [0.1, 0.15) is 0 Å². The Morgan fingerprint density at radius 1 is 1.11 bits per heavy atom. The topological polar surface area (TPSA) is 124 Å². The number of hydrogen-bond acceptors (Lipinski definition) is 10. The normalized spacial score (nSPS) is 14.1. The molecule has 198 valence electrons. The molecule has 2 heterocycles. The van der Waals surface area contributed by atoms with Crippen molar-refractivity contribution in [2.75, 3.05) is 53.8 Å². The number of sulfonamides is 1. The Hall–Kier alpha value is -3.13. The molecule has 0 spiro atoms. The van der Waals surface area contributed by atoms with E-state index in [0.717, 1.165) is 4.31 Å². The fourth-order valence-electron chi connectivity index (χ4n) is 3.82. The molecule has 1 fully saturated rings. The summed E-state index contributed by atoms with van der Waals surface area (Å²) in [6, 6.07) is 9.75. The van der Waals surface area contributed by atoms with Crippen molar-refractivity contribution in [2.24, 2.45) is 0 Å². The van der Waals surface area contributed by atoms with E-state index in [2.05, 4.69) is 10.1 Å². The molecule has 0 atom stereocenters. The van der Waals surface area contributed by atoms with E-state index in [-0.39, 0.29) is 29.1 Å². The highest BCUT2D eigenvalue weighted by molar-refractivity contribution is 7.98. The summed E-state index contributed by atoms with van der Waals surface area (Å²) in [4.78, 5) is 19.9. The first-order chi connectivity index (χ1) is 17.8. The lowest BCUT2D eigenvalue weighted by Crippen LogP contribution is -2.41. The van der Waals surface area contributed by atoms with Crippen molar-refractivity contribution < 1.29 is 31.9 Å². The SMILES string of the molecule is COc1ccc(-c2noc(CN(C)S(=O)(=O)c3ccc(SC)c(C(=O)N4CCOCC4)c3)n2)cc1OC. The number of nitrogens with zero attached hydrogens (tertiary/aromatic N) is 4. The van der Waals surface area contributed by atoms with Crippen molar-refractivity contribution in [3.05, 3.63) is 47.9 Å². The molecular formula is C24H28N4O7S2. The Balaban J connectivity index is 1.55. The minimum Gasteiger partial charge on any atom is -0.493 e. The summed E-state index contributed by atoms with van der Waals surface area (Å²) in [5.41, 5.74) is 0.967. The largest absolute Gasteiger partial charge is 0.493 e. The van der Waals surface area contributed by atoms with Gasteiger partial charge in [0.15, 0.2) is 11.5 Å². The highest BCUT2D eigenvalue weighted by atomic mass is 32.2. The van der Waals surface area contributed by atoms with Gasteiger partial charge in [-0.05, 0) is 42.7 Å². The number of thioether (sulfide) groups is 1. The lowest BCUT2D eigenvalue weighted by Gasteiger charge is -2.27. The molecule has 37 heavy (non-hydrogen) atoms. The van der Waals surface area contributed by atoms with Gasteiger partial charge in [-0.2, -0.15) is 9.29 Å². The molecule has 0 bridgehead atoms. The minimum atomic E-state index is -3.96. The number of carbonyl (C=O) groups is 1. The molecule has 0 N–H and O–H groups in total. The van der Waals surface area contributed by atoms with Gasteiger partial charge in [0.05, 0.1) is 44.4 Å². The Labute approximate surface area is 219 Å². The Morgan fingerprint density at radius 2 is 1.84 bits per heavy atom. The second-order valence-electron chi connectivity index (χ2n) is 8.11. The number of morpholine rings is 1. The third kappa shape index (κ3) is 5.74. The molecule has 3 aromatic rings. The van der Waals surface area contributed by atoms with E-state index in [1.54, 1.807) is 29.2 Å². The first-order valence-electron chi connectivity index (χ1n) is 11.3. The van der Waals surface area contributed by atoms with E-state index >= 15 is 0 Å². The quantitative estimate of drug-likeness (QED) is 0.369. The van der Waals surface area contributed by atoms with Gasteiger partial charge in [-0.25, -0.2) is 8.42 Å². The molecule has 13 heteroatoms. The standard InChI is InChI=1S/C24H28N4O7S2/c1-27(15-22-25-23(26-35-22)16-5-7-19(32-2)20(13-16)33-3)37(30,31)17-6-8-21(36-4)18(14-17)24(29)28-9-11-34-12-10-28/h5-8,13-14H,9-12,15H2,1-4H3. The summed E-state index contributed by atoms with van der Waals surface area (Å²) in [5.74, 6) is 1.23. The Morgan fingerprint density at radius 3 is 2.51 bits per heavy atom. The van der Waals surface area contributed by atoms with Crippen molar-refractivity contribution in [3.8, 4) is 22.9 Å². The molecule has 1 aliphatic rings. The van der Waals surface area contributed by atoms with Crippen LogP contribution in [0, 0.1) is 0 Å². The predicted octanol–water partition coefficient (Wildman–Crippen LogP) is 2.77. The summed E-state index contributed by atoms with van der Waals surface area (Å²) in [6.07, 6.45) is 1.84. The van der Waals surface area contributed by atoms with Gasteiger partial charge >= 0.3 is 0 Å². The highest BCUT2D eigenvalue weighted by Crippen LogP contribution is 2.31. The van der Waals surface area contributed by atoms with Crippen LogP contribution in [0.25, 0.3) is 11.4 Å². The van der Waals surface area contributed by atoms with Crippen molar-refractivity contribution >= 4 is 27.7 Å². The molecular weight excluding hydrogens is 520 g/mol. The van der Waals surface area contributed by atoms with E-state index in [1.807, 2.05) is 6.26 Å². The van der Waals surface area contributed by atoms with Crippen molar-refractivity contribution in [1.82, 2.24) is 19.3 Å².